The van der Waals surface area contributed by atoms with Crippen molar-refractivity contribution in [2.45, 2.75) is 33.3 Å². The van der Waals surface area contributed by atoms with Gasteiger partial charge in [0.25, 0.3) is 0 Å². The Morgan fingerprint density at radius 3 is 2.50 bits per heavy atom. The maximum atomic E-state index is 12.0. The van der Waals surface area contributed by atoms with Gasteiger partial charge < -0.3 is 10.1 Å². The van der Waals surface area contributed by atoms with E-state index in [4.69, 9.17) is 4.74 Å². The lowest BCUT2D eigenvalue weighted by Crippen LogP contribution is -2.27. The van der Waals surface area contributed by atoms with E-state index in [1.807, 2.05) is 58.0 Å². The maximum Gasteiger partial charge on any atom is 0.435 e. The fourth-order valence-electron chi connectivity index (χ4n) is 2.30. The molecule has 0 spiro atoms. The van der Waals surface area contributed by atoms with Crippen molar-refractivity contribution in [3.05, 3.63) is 54.7 Å². The number of aromatic nitrogens is 4. The summed E-state index contributed by atoms with van der Waals surface area (Å²) in [7, 11) is 0. The van der Waals surface area contributed by atoms with E-state index in [1.54, 1.807) is 18.6 Å². The molecule has 7 heteroatoms. The molecule has 0 fully saturated rings. The van der Waals surface area contributed by atoms with Crippen molar-refractivity contribution < 1.29 is 9.53 Å². The van der Waals surface area contributed by atoms with Crippen LogP contribution in [0.4, 0.5) is 16.3 Å². The van der Waals surface area contributed by atoms with Crippen molar-refractivity contribution in [1.82, 2.24) is 19.7 Å². The number of aryl methyl sites for hydroxylation is 1. The van der Waals surface area contributed by atoms with Crippen LogP contribution in [0.5, 0.6) is 0 Å². The van der Waals surface area contributed by atoms with Gasteiger partial charge in [-0.1, -0.05) is 12.1 Å². The molecule has 26 heavy (non-hydrogen) atoms. The van der Waals surface area contributed by atoms with Gasteiger partial charge in [-0.05, 0) is 51.5 Å². The quantitative estimate of drug-likeness (QED) is 0.762. The van der Waals surface area contributed by atoms with Gasteiger partial charge in [-0.15, -0.1) is 0 Å². The molecule has 0 amide bonds. The van der Waals surface area contributed by atoms with Crippen LogP contribution in [-0.4, -0.2) is 31.4 Å². The number of benzene rings is 1. The minimum absolute atomic E-state index is 0.499. The highest BCUT2D eigenvalue weighted by molar-refractivity contribution is 5.73. The Morgan fingerprint density at radius 2 is 1.85 bits per heavy atom. The molecule has 3 aromatic rings. The van der Waals surface area contributed by atoms with E-state index in [0.717, 1.165) is 22.6 Å². The van der Waals surface area contributed by atoms with Crippen LogP contribution in [-0.2, 0) is 4.74 Å². The first-order chi connectivity index (χ1) is 12.3. The third kappa shape index (κ3) is 4.44. The zero-order valence-corrected chi connectivity index (χ0v) is 15.2. The molecule has 0 unspecified atom stereocenters. The van der Waals surface area contributed by atoms with Crippen LogP contribution >= 0.6 is 0 Å². The van der Waals surface area contributed by atoms with Crippen LogP contribution in [0.1, 0.15) is 26.6 Å². The van der Waals surface area contributed by atoms with Gasteiger partial charge in [0.1, 0.15) is 17.2 Å². The third-order valence-electron chi connectivity index (χ3n) is 3.43. The fraction of sp³-hybridized carbons (Fsp3) is 0.263. The number of hydrogen-bond acceptors (Lipinski definition) is 6. The molecule has 1 N–H and O–H groups in total. The molecule has 7 nitrogen and oxygen atoms in total. The number of ether oxygens (including phenoxy) is 1. The molecule has 0 saturated heterocycles. The summed E-state index contributed by atoms with van der Waals surface area (Å²) in [6, 6.07) is 9.60. The highest BCUT2D eigenvalue weighted by Crippen LogP contribution is 2.22. The van der Waals surface area contributed by atoms with Crippen molar-refractivity contribution in [3.8, 4) is 11.1 Å². The Kier molecular flexibility index (Phi) is 4.71. The molecule has 2 heterocycles. The second-order valence-corrected chi connectivity index (χ2v) is 6.85. The minimum Gasteiger partial charge on any atom is -0.442 e. The molecule has 2 aromatic heterocycles. The van der Waals surface area contributed by atoms with Gasteiger partial charge in [-0.2, -0.15) is 9.78 Å². The van der Waals surface area contributed by atoms with Crippen molar-refractivity contribution in [3.63, 3.8) is 0 Å². The summed E-state index contributed by atoms with van der Waals surface area (Å²) in [4.78, 5) is 20.4. The third-order valence-corrected chi connectivity index (χ3v) is 3.43. The van der Waals surface area contributed by atoms with Gasteiger partial charge in [0.2, 0.25) is 0 Å². The van der Waals surface area contributed by atoms with Gasteiger partial charge in [-0.3, -0.25) is 0 Å². The number of carbonyl (C=O) groups excluding carboxylic acids is 1. The summed E-state index contributed by atoms with van der Waals surface area (Å²) in [5, 5.41) is 7.31. The molecule has 0 saturated carbocycles. The van der Waals surface area contributed by atoms with Crippen LogP contribution in [0.15, 0.2) is 48.9 Å². The predicted molar refractivity (Wildman–Crippen MR) is 99.3 cm³/mol. The Bertz CT molecular complexity index is 910. The molecule has 3 rings (SSSR count). The van der Waals surface area contributed by atoms with Crippen LogP contribution in [0.25, 0.3) is 11.1 Å². The highest BCUT2D eigenvalue weighted by atomic mass is 16.6. The van der Waals surface area contributed by atoms with Gasteiger partial charge in [0.15, 0.2) is 0 Å². The predicted octanol–water partition coefficient (Wildman–Crippen LogP) is 4.18. The van der Waals surface area contributed by atoms with E-state index < -0.39 is 11.7 Å². The zero-order valence-electron chi connectivity index (χ0n) is 15.2. The smallest absolute Gasteiger partial charge is 0.435 e. The monoisotopic (exact) mass is 351 g/mol. The zero-order chi connectivity index (χ0) is 18.7. The first kappa shape index (κ1) is 17.6. The Morgan fingerprint density at radius 1 is 1.12 bits per heavy atom. The lowest BCUT2D eigenvalue weighted by atomic mass is 10.1. The Balaban J connectivity index is 1.72. The second-order valence-electron chi connectivity index (χ2n) is 6.85. The Hall–Kier alpha value is -3.22. The number of anilines is 2. The Labute approximate surface area is 152 Å². The van der Waals surface area contributed by atoms with Crippen molar-refractivity contribution in [2.24, 2.45) is 0 Å². The first-order valence-electron chi connectivity index (χ1n) is 8.25. The van der Waals surface area contributed by atoms with Crippen LogP contribution < -0.4 is 5.32 Å². The largest absolute Gasteiger partial charge is 0.442 e. The molecule has 0 radical (unpaired) electrons. The van der Waals surface area contributed by atoms with Crippen molar-refractivity contribution in [2.75, 3.05) is 5.32 Å². The topological polar surface area (TPSA) is 81.9 Å². The summed E-state index contributed by atoms with van der Waals surface area (Å²) in [5.74, 6) is 1.45. The van der Waals surface area contributed by atoms with Crippen LogP contribution in [0.3, 0.4) is 0 Å². The van der Waals surface area contributed by atoms with E-state index in [0.29, 0.717) is 5.82 Å². The number of hydrogen-bond donors (Lipinski definition) is 1. The molecule has 1 aromatic carbocycles. The van der Waals surface area contributed by atoms with E-state index >= 15 is 0 Å². The summed E-state index contributed by atoms with van der Waals surface area (Å²) >= 11 is 0. The lowest BCUT2D eigenvalue weighted by Gasteiger charge is -2.18. The van der Waals surface area contributed by atoms with E-state index in [1.165, 1.54) is 4.68 Å². The van der Waals surface area contributed by atoms with Gasteiger partial charge in [0, 0.05) is 23.6 Å². The van der Waals surface area contributed by atoms with Gasteiger partial charge >= 0.3 is 6.09 Å². The summed E-state index contributed by atoms with van der Waals surface area (Å²) in [5.41, 5.74) is 2.13. The normalized spacial score (nSPS) is 11.2. The van der Waals surface area contributed by atoms with Crippen LogP contribution in [0.2, 0.25) is 0 Å². The van der Waals surface area contributed by atoms with Gasteiger partial charge in [-0.25, -0.2) is 14.8 Å². The van der Waals surface area contributed by atoms with Crippen molar-refractivity contribution in [1.29, 1.82) is 0 Å². The molecular weight excluding hydrogens is 330 g/mol. The molecule has 0 bridgehead atoms. The average molecular weight is 351 g/mol. The van der Waals surface area contributed by atoms with E-state index in [-0.39, 0.29) is 0 Å². The number of rotatable bonds is 3. The van der Waals surface area contributed by atoms with Crippen LogP contribution in [0, 0.1) is 6.92 Å². The first-order valence-corrected chi connectivity index (χ1v) is 8.25. The second kappa shape index (κ2) is 6.95. The SMILES string of the molecule is Cc1nccc(Nc2ccc(-c3cnn(C(=O)OC(C)(C)C)c3)cc2)n1. The number of nitrogens with one attached hydrogen (secondary N) is 1. The highest BCUT2D eigenvalue weighted by Gasteiger charge is 2.18. The number of nitrogens with zero attached hydrogens (tertiary/aromatic N) is 4. The maximum absolute atomic E-state index is 12.0. The standard InChI is InChI=1S/C19H21N5O2/c1-13-20-10-9-17(22-13)23-16-7-5-14(6-8-16)15-11-21-24(12-15)18(25)26-19(2,3)4/h5-12H,1-4H3,(H,20,22,23). The minimum atomic E-state index is -0.560. The average Bonchev–Trinajstić information content (AvgIpc) is 3.04. The molecule has 0 aliphatic heterocycles. The lowest BCUT2D eigenvalue weighted by molar-refractivity contribution is 0.0514. The summed E-state index contributed by atoms with van der Waals surface area (Å²) in [6.07, 6.45) is 4.51. The summed E-state index contributed by atoms with van der Waals surface area (Å²) < 4.78 is 6.51. The molecule has 0 aliphatic carbocycles. The molecular formula is C19H21N5O2. The van der Waals surface area contributed by atoms with E-state index in [2.05, 4.69) is 20.4 Å². The molecule has 0 atom stereocenters. The van der Waals surface area contributed by atoms with Crippen molar-refractivity contribution >= 4 is 17.6 Å². The summed E-state index contributed by atoms with van der Waals surface area (Å²) in [6.45, 7) is 7.30. The van der Waals surface area contributed by atoms with E-state index in [9.17, 15) is 4.79 Å². The fourth-order valence-corrected chi connectivity index (χ4v) is 2.30. The molecule has 0 aliphatic rings. The molecule has 134 valence electrons. The number of carbonyl (C=O) groups is 1. The van der Waals surface area contributed by atoms with Gasteiger partial charge in [0.05, 0.1) is 6.20 Å².